The number of aromatic nitrogens is 2. The third kappa shape index (κ3) is 4.40. The minimum absolute atomic E-state index is 0.245. The first-order valence-corrected chi connectivity index (χ1v) is 8.10. The van der Waals surface area contributed by atoms with Crippen LogP contribution >= 0.6 is 15.9 Å². The first-order chi connectivity index (χ1) is 12.1. The van der Waals surface area contributed by atoms with Crippen LogP contribution in [0.15, 0.2) is 65.3 Å². The molecule has 1 aromatic heterocycles. The standard InChI is InChI=1S/C18H12BrN5O/c19-13-3-7-14(8-4-13)22-17(25)16-9-10-21-18(24-16)23-15-5-1-12(11-20)2-6-15/h1-10H,(H,22,25)(H,21,23,24). The van der Waals surface area contributed by atoms with Gasteiger partial charge in [-0.15, -0.1) is 0 Å². The zero-order valence-corrected chi connectivity index (χ0v) is 14.5. The van der Waals surface area contributed by atoms with Crippen LogP contribution in [0.2, 0.25) is 0 Å². The second kappa shape index (κ2) is 7.55. The number of amides is 1. The fraction of sp³-hybridized carbons (Fsp3) is 0. The maximum Gasteiger partial charge on any atom is 0.274 e. The van der Waals surface area contributed by atoms with Gasteiger partial charge in [-0.25, -0.2) is 9.97 Å². The number of benzene rings is 2. The van der Waals surface area contributed by atoms with Gasteiger partial charge in [0, 0.05) is 22.0 Å². The van der Waals surface area contributed by atoms with Gasteiger partial charge < -0.3 is 10.6 Å². The molecule has 0 aliphatic carbocycles. The Balaban J connectivity index is 1.72. The predicted molar refractivity (Wildman–Crippen MR) is 98.6 cm³/mol. The van der Waals surface area contributed by atoms with Gasteiger partial charge in [-0.05, 0) is 54.6 Å². The van der Waals surface area contributed by atoms with Crippen LogP contribution in [0.25, 0.3) is 0 Å². The van der Waals surface area contributed by atoms with Gasteiger partial charge in [0.1, 0.15) is 5.69 Å². The van der Waals surface area contributed by atoms with Crippen LogP contribution < -0.4 is 10.6 Å². The largest absolute Gasteiger partial charge is 0.324 e. The second-order valence-electron chi connectivity index (χ2n) is 5.04. The predicted octanol–water partition coefficient (Wildman–Crippen LogP) is 4.11. The Morgan fingerprint density at radius 2 is 1.68 bits per heavy atom. The van der Waals surface area contributed by atoms with Gasteiger partial charge in [0.05, 0.1) is 11.6 Å². The van der Waals surface area contributed by atoms with Crippen molar-refractivity contribution in [2.45, 2.75) is 0 Å². The monoisotopic (exact) mass is 393 g/mol. The summed E-state index contributed by atoms with van der Waals surface area (Å²) in [7, 11) is 0. The topological polar surface area (TPSA) is 90.7 Å². The number of nitriles is 1. The number of nitrogens with zero attached hydrogens (tertiary/aromatic N) is 3. The highest BCUT2D eigenvalue weighted by atomic mass is 79.9. The molecule has 2 aromatic carbocycles. The van der Waals surface area contributed by atoms with E-state index in [1.54, 1.807) is 36.4 Å². The first-order valence-electron chi connectivity index (χ1n) is 7.31. The SMILES string of the molecule is N#Cc1ccc(Nc2nccc(C(=O)Nc3ccc(Br)cc3)n2)cc1. The molecule has 1 amide bonds. The summed E-state index contributed by atoms with van der Waals surface area (Å²) in [6.45, 7) is 0. The number of hydrogen-bond acceptors (Lipinski definition) is 5. The Morgan fingerprint density at radius 3 is 2.36 bits per heavy atom. The zero-order valence-electron chi connectivity index (χ0n) is 12.9. The molecule has 2 N–H and O–H groups in total. The van der Waals surface area contributed by atoms with Crippen molar-refractivity contribution < 1.29 is 4.79 Å². The lowest BCUT2D eigenvalue weighted by Gasteiger charge is -2.07. The van der Waals surface area contributed by atoms with E-state index in [-0.39, 0.29) is 11.6 Å². The van der Waals surface area contributed by atoms with Crippen LogP contribution in [0.3, 0.4) is 0 Å². The molecular weight excluding hydrogens is 382 g/mol. The Morgan fingerprint density at radius 1 is 1.00 bits per heavy atom. The Kier molecular flexibility index (Phi) is 5.02. The summed E-state index contributed by atoms with van der Waals surface area (Å²) in [6, 6.07) is 17.7. The number of rotatable bonds is 4. The van der Waals surface area contributed by atoms with Crippen LogP contribution in [-0.4, -0.2) is 15.9 Å². The maximum absolute atomic E-state index is 12.3. The Bertz CT molecular complexity index is 933. The van der Waals surface area contributed by atoms with E-state index in [0.717, 1.165) is 10.2 Å². The highest BCUT2D eigenvalue weighted by Gasteiger charge is 2.09. The molecule has 122 valence electrons. The van der Waals surface area contributed by atoms with Crippen molar-refractivity contribution in [1.29, 1.82) is 5.26 Å². The molecular formula is C18H12BrN5O. The minimum Gasteiger partial charge on any atom is -0.324 e. The van der Waals surface area contributed by atoms with Crippen molar-refractivity contribution in [3.63, 3.8) is 0 Å². The van der Waals surface area contributed by atoms with Gasteiger partial charge >= 0.3 is 0 Å². The summed E-state index contributed by atoms with van der Waals surface area (Å²) in [5.74, 6) is -0.0271. The maximum atomic E-state index is 12.3. The molecule has 0 spiro atoms. The van der Waals surface area contributed by atoms with E-state index in [9.17, 15) is 4.79 Å². The second-order valence-corrected chi connectivity index (χ2v) is 5.96. The lowest BCUT2D eigenvalue weighted by Crippen LogP contribution is -2.14. The fourth-order valence-corrected chi connectivity index (χ4v) is 2.30. The minimum atomic E-state index is -0.326. The molecule has 0 fully saturated rings. The van der Waals surface area contributed by atoms with Gasteiger partial charge in [-0.1, -0.05) is 15.9 Å². The molecule has 0 unspecified atom stereocenters. The Hall–Kier alpha value is -3.24. The molecule has 3 aromatic rings. The summed E-state index contributed by atoms with van der Waals surface area (Å²) in [5.41, 5.74) is 2.21. The van der Waals surface area contributed by atoms with Crippen LogP contribution in [0, 0.1) is 11.3 Å². The van der Waals surface area contributed by atoms with Crippen molar-refractivity contribution in [1.82, 2.24) is 9.97 Å². The lowest BCUT2D eigenvalue weighted by atomic mass is 10.2. The van der Waals surface area contributed by atoms with Gasteiger partial charge in [0.25, 0.3) is 5.91 Å². The fourth-order valence-electron chi connectivity index (χ4n) is 2.03. The van der Waals surface area contributed by atoms with Crippen LogP contribution in [0.1, 0.15) is 16.1 Å². The highest BCUT2D eigenvalue weighted by molar-refractivity contribution is 9.10. The van der Waals surface area contributed by atoms with E-state index >= 15 is 0 Å². The number of carbonyl (C=O) groups is 1. The van der Waals surface area contributed by atoms with Gasteiger partial charge in [0.15, 0.2) is 0 Å². The first kappa shape index (κ1) is 16.6. The summed E-state index contributed by atoms with van der Waals surface area (Å²) in [5, 5.41) is 14.6. The summed E-state index contributed by atoms with van der Waals surface area (Å²) >= 11 is 3.35. The molecule has 0 atom stereocenters. The number of hydrogen-bond donors (Lipinski definition) is 2. The molecule has 0 aliphatic heterocycles. The summed E-state index contributed by atoms with van der Waals surface area (Å²) < 4.78 is 0.932. The van der Waals surface area contributed by atoms with Crippen molar-refractivity contribution in [3.8, 4) is 6.07 Å². The van der Waals surface area contributed by atoms with Crippen LogP contribution in [0.5, 0.6) is 0 Å². The van der Waals surface area contributed by atoms with Crippen molar-refractivity contribution in [2.24, 2.45) is 0 Å². The van der Waals surface area contributed by atoms with E-state index in [2.05, 4.69) is 42.6 Å². The van der Waals surface area contributed by atoms with Crippen molar-refractivity contribution >= 4 is 39.2 Å². The van der Waals surface area contributed by atoms with E-state index in [4.69, 9.17) is 5.26 Å². The van der Waals surface area contributed by atoms with Crippen molar-refractivity contribution in [2.75, 3.05) is 10.6 Å². The van der Waals surface area contributed by atoms with Crippen LogP contribution in [-0.2, 0) is 0 Å². The smallest absolute Gasteiger partial charge is 0.274 e. The number of anilines is 3. The molecule has 0 bridgehead atoms. The molecule has 3 rings (SSSR count). The van der Waals surface area contributed by atoms with E-state index in [1.165, 1.54) is 12.3 Å². The number of halogens is 1. The summed E-state index contributed by atoms with van der Waals surface area (Å²) in [6.07, 6.45) is 1.51. The normalized spacial score (nSPS) is 9.92. The molecule has 0 radical (unpaired) electrons. The van der Waals surface area contributed by atoms with E-state index in [1.807, 2.05) is 12.1 Å². The number of carbonyl (C=O) groups excluding carboxylic acids is 1. The van der Waals surface area contributed by atoms with Crippen LogP contribution in [0.4, 0.5) is 17.3 Å². The lowest BCUT2D eigenvalue weighted by molar-refractivity contribution is 0.102. The highest BCUT2D eigenvalue weighted by Crippen LogP contribution is 2.16. The Labute approximate surface area is 152 Å². The number of nitrogens with one attached hydrogen (secondary N) is 2. The van der Waals surface area contributed by atoms with Gasteiger partial charge in [-0.2, -0.15) is 5.26 Å². The molecule has 0 aliphatic rings. The van der Waals surface area contributed by atoms with Gasteiger partial charge in [0.2, 0.25) is 5.95 Å². The average molecular weight is 394 g/mol. The summed E-state index contributed by atoms with van der Waals surface area (Å²) in [4.78, 5) is 20.6. The molecule has 0 saturated carbocycles. The van der Waals surface area contributed by atoms with Gasteiger partial charge in [-0.3, -0.25) is 4.79 Å². The molecule has 7 heteroatoms. The quantitative estimate of drug-likeness (QED) is 0.695. The molecule has 6 nitrogen and oxygen atoms in total. The third-order valence-corrected chi connectivity index (χ3v) is 3.79. The van der Waals surface area contributed by atoms with E-state index in [0.29, 0.717) is 17.2 Å². The molecule has 1 heterocycles. The molecule has 25 heavy (non-hydrogen) atoms. The van der Waals surface area contributed by atoms with E-state index < -0.39 is 0 Å². The third-order valence-electron chi connectivity index (χ3n) is 3.26. The molecule has 0 saturated heterocycles. The average Bonchev–Trinajstić information content (AvgIpc) is 2.64. The van der Waals surface area contributed by atoms with Crippen molar-refractivity contribution in [3.05, 3.63) is 76.5 Å². The zero-order chi connectivity index (χ0) is 17.6.